The smallest absolute Gasteiger partial charge is 0.0574 e. The van der Waals surface area contributed by atoms with E-state index in [4.69, 9.17) is 0 Å². The van der Waals surface area contributed by atoms with Crippen LogP contribution >= 0.6 is 0 Å². The largest absolute Gasteiger partial charge is 0.393 e. The van der Waals surface area contributed by atoms with Gasteiger partial charge in [0.2, 0.25) is 0 Å². The molecule has 0 aromatic heterocycles. The minimum absolute atomic E-state index is 0.149. The molecule has 1 heterocycles. The van der Waals surface area contributed by atoms with Gasteiger partial charge in [-0.2, -0.15) is 0 Å². The fraction of sp³-hybridized carbons (Fsp3) is 0.238. The third-order valence-electron chi connectivity index (χ3n) is 4.36. The maximum atomic E-state index is 9.60. The van der Waals surface area contributed by atoms with Gasteiger partial charge in [-0.25, -0.2) is 0 Å². The summed E-state index contributed by atoms with van der Waals surface area (Å²) in [6.07, 6.45) is 5.76. The van der Waals surface area contributed by atoms with Gasteiger partial charge < -0.3 is 10.0 Å². The van der Waals surface area contributed by atoms with Gasteiger partial charge in [-0.3, -0.25) is 0 Å². The molecule has 2 aromatic carbocycles. The van der Waals surface area contributed by atoms with Crippen molar-refractivity contribution in [2.75, 3.05) is 13.1 Å². The van der Waals surface area contributed by atoms with Crippen molar-refractivity contribution in [1.29, 1.82) is 0 Å². The molecule has 0 bridgehead atoms. The molecule has 1 saturated heterocycles. The van der Waals surface area contributed by atoms with E-state index in [0.717, 1.165) is 37.2 Å². The minimum atomic E-state index is -0.149. The molecule has 1 aliphatic rings. The number of benzene rings is 2. The van der Waals surface area contributed by atoms with Crippen LogP contribution in [-0.2, 0) is 0 Å². The van der Waals surface area contributed by atoms with Gasteiger partial charge in [0.25, 0.3) is 0 Å². The van der Waals surface area contributed by atoms with E-state index in [1.165, 1.54) is 11.1 Å². The van der Waals surface area contributed by atoms with Crippen LogP contribution in [0, 0.1) is 0 Å². The van der Waals surface area contributed by atoms with E-state index in [1.54, 1.807) is 0 Å². The average Bonchev–Trinajstić information content (AvgIpc) is 2.61. The lowest BCUT2D eigenvalue weighted by atomic mass is 10.0. The molecule has 3 rings (SSSR count). The normalized spacial score (nSPS) is 16.0. The lowest BCUT2D eigenvalue weighted by Crippen LogP contribution is -2.34. The first-order chi connectivity index (χ1) is 11.2. The van der Waals surface area contributed by atoms with E-state index in [9.17, 15) is 5.11 Å². The summed E-state index contributed by atoms with van der Waals surface area (Å²) < 4.78 is 0. The summed E-state index contributed by atoms with van der Waals surface area (Å²) in [6.45, 7) is 5.99. The molecule has 0 amide bonds. The first-order valence-corrected chi connectivity index (χ1v) is 8.18. The number of hydrogen-bond donors (Lipinski definition) is 1. The molecule has 2 nitrogen and oxygen atoms in total. The van der Waals surface area contributed by atoms with Crippen molar-refractivity contribution in [3.63, 3.8) is 0 Å². The lowest BCUT2D eigenvalue weighted by Gasteiger charge is -2.33. The fourth-order valence-corrected chi connectivity index (χ4v) is 2.86. The quantitative estimate of drug-likeness (QED) is 0.852. The molecule has 1 aliphatic heterocycles. The van der Waals surface area contributed by atoms with Crippen LogP contribution in [0.5, 0.6) is 0 Å². The number of likely N-dealkylation sites (tertiary alicyclic amines) is 1. The van der Waals surface area contributed by atoms with Crippen molar-refractivity contribution in [1.82, 2.24) is 4.90 Å². The Kier molecular flexibility index (Phi) is 4.94. The van der Waals surface area contributed by atoms with E-state index in [2.05, 4.69) is 60.0 Å². The van der Waals surface area contributed by atoms with Gasteiger partial charge in [0.1, 0.15) is 0 Å². The van der Waals surface area contributed by atoms with Crippen LogP contribution in [0.2, 0.25) is 0 Å². The summed E-state index contributed by atoms with van der Waals surface area (Å²) in [5, 5.41) is 9.60. The van der Waals surface area contributed by atoms with Gasteiger partial charge in [-0.1, -0.05) is 73.3 Å². The summed E-state index contributed by atoms with van der Waals surface area (Å²) >= 11 is 0. The highest BCUT2D eigenvalue weighted by Crippen LogP contribution is 2.22. The second-order valence-corrected chi connectivity index (χ2v) is 6.03. The van der Waals surface area contributed by atoms with E-state index >= 15 is 0 Å². The molecular formula is C21H23NO. The topological polar surface area (TPSA) is 23.5 Å². The Morgan fingerprint density at radius 1 is 0.913 bits per heavy atom. The second-order valence-electron chi connectivity index (χ2n) is 6.03. The maximum absolute atomic E-state index is 9.60. The third kappa shape index (κ3) is 4.11. The standard InChI is InChI=1S/C21H23NO/c1-17(22-15-13-21(23)14-16-22)20-11-9-19(10-12-20)8-7-18-5-3-2-4-6-18/h2-12,21,23H,1,13-16H2/b8-7+. The summed E-state index contributed by atoms with van der Waals surface area (Å²) in [6, 6.07) is 18.8. The highest BCUT2D eigenvalue weighted by atomic mass is 16.3. The van der Waals surface area contributed by atoms with Crippen LogP contribution in [0.25, 0.3) is 17.8 Å². The van der Waals surface area contributed by atoms with Crippen molar-refractivity contribution in [2.45, 2.75) is 18.9 Å². The Hall–Kier alpha value is -2.32. The number of piperidine rings is 1. The molecule has 2 heteroatoms. The molecule has 0 atom stereocenters. The molecule has 0 saturated carbocycles. The van der Waals surface area contributed by atoms with Gasteiger partial charge in [0, 0.05) is 18.8 Å². The van der Waals surface area contributed by atoms with Crippen molar-refractivity contribution in [2.24, 2.45) is 0 Å². The second kappa shape index (κ2) is 7.30. The highest BCUT2D eigenvalue weighted by Gasteiger charge is 2.18. The fourth-order valence-electron chi connectivity index (χ4n) is 2.86. The minimum Gasteiger partial charge on any atom is -0.393 e. The summed E-state index contributed by atoms with van der Waals surface area (Å²) in [5.74, 6) is 0. The summed E-state index contributed by atoms with van der Waals surface area (Å²) in [4.78, 5) is 2.27. The van der Waals surface area contributed by atoms with Crippen LogP contribution in [0.3, 0.4) is 0 Å². The molecule has 23 heavy (non-hydrogen) atoms. The number of rotatable bonds is 4. The number of aliphatic hydroxyl groups excluding tert-OH is 1. The number of nitrogens with zero attached hydrogens (tertiary/aromatic N) is 1. The highest BCUT2D eigenvalue weighted by molar-refractivity contribution is 5.71. The first kappa shape index (κ1) is 15.6. The van der Waals surface area contributed by atoms with E-state index in [1.807, 2.05) is 18.2 Å². The van der Waals surface area contributed by atoms with Gasteiger partial charge in [0.05, 0.1) is 6.10 Å². The van der Waals surface area contributed by atoms with Crippen molar-refractivity contribution >= 4 is 17.8 Å². The Labute approximate surface area is 138 Å². The van der Waals surface area contributed by atoms with E-state index in [0.29, 0.717) is 0 Å². The molecule has 0 radical (unpaired) electrons. The monoisotopic (exact) mass is 305 g/mol. The predicted octanol–water partition coefficient (Wildman–Crippen LogP) is 4.28. The Bertz CT molecular complexity index is 665. The van der Waals surface area contributed by atoms with Crippen molar-refractivity contribution in [3.8, 4) is 0 Å². The predicted molar refractivity (Wildman–Crippen MR) is 97.7 cm³/mol. The summed E-state index contributed by atoms with van der Waals surface area (Å²) in [5.41, 5.74) is 4.58. The van der Waals surface area contributed by atoms with Crippen LogP contribution in [0.4, 0.5) is 0 Å². The molecule has 118 valence electrons. The van der Waals surface area contributed by atoms with Crippen LogP contribution in [0.15, 0.2) is 61.2 Å². The van der Waals surface area contributed by atoms with Crippen LogP contribution < -0.4 is 0 Å². The lowest BCUT2D eigenvalue weighted by molar-refractivity contribution is 0.106. The zero-order valence-electron chi connectivity index (χ0n) is 13.4. The zero-order valence-corrected chi connectivity index (χ0v) is 13.4. The van der Waals surface area contributed by atoms with Gasteiger partial charge >= 0.3 is 0 Å². The van der Waals surface area contributed by atoms with Crippen LogP contribution in [0.1, 0.15) is 29.5 Å². The Morgan fingerprint density at radius 2 is 1.48 bits per heavy atom. The van der Waals surface area contributed by atoms with Gasteiger partial charge in [0.15, 0.2) is 0 Å². The molecule has 1 fully saturated rings. The first-order valence-electron chi connectivity index (χ1n) is 8.18. The molecular weight excluding hydrogens is 282 g/mol. The maximum Gasteiger partial charge on any atom is 0.0574 e. The van der Waals surface area contributed by atoms with Gasteiger partial charge in [-0.15, -0.1) is 0 Å². The van der Waals surface area contributed by atoms with Crippen LogP contribution in [-0.4, -0.2) is 29.2 Å². The Balaban J connectivity index is 1.65. The molecule has 0 spiro atoms. The van der Waals surface area contributed by atoms with Gasteiger partial charge in [-0.05, 0) is 29.5 Å². The van der Waals surface area contributed by atoms with Crippen molar-refractivity contribution < 1.29 is 5.11 Å². The number of hydrogen-bond acceptors (Lipinski definition) is 2. The molecule has 2 aromatic rings. The SMILES string of the molecule is C=C(c1ccc(/C=C/c2ccccc2)cc1)N1CCC(O)CC1. The Morgan fingerprint density at radius 3 is 2.09 bits per heavy atom. The van der Waals surface area contributed by atoms with E-state index in [-0.39, 0.29) is 6.10 Å². The number of aliphatic hydroxyl groups is 1. The molecule has 0 aliphatic carbocycles. The average molecular weight is 305 g/mol. The molecule has 1 N–H and O–H groups in total. The van der Waals surface area contributed by atoms with E-state index < -0.39 is 0 Å². The molecule has 0 unspecified atom stereocenters. The van der Waals surface area contributed by atoms with Crippen molar-refractivity contribution in [3.05, 3.63) is 77.9 Å². The summed E-state index contributed by atoms with van der Waals surface area (Å²) in [7, 11) is 0. The third-order valence-corrected chi connectivity index (χ3v) is 4.36. The zero-order chi connectivity index (χ0) is 16.1.